The highest BCUT2D eigenvalue weighted by Crippen LogP contribution is 2.26. The summed E-state index contributed by atoms with van der Waals surface area (Å²) in [7, 11) is 1.64. The van der Waals surface area contributed by atoms with Crippen LogP contribution in [0.1, 0.15) is 11.1 Å². The van der Waals surface area contributed by atoms with Crippen LogP contribution in [-0.4, -0.2) is 18.0 Å². The maximum atomic E-state index is 12.3. The molecule has 1 aromatic heterocycles. The molecule has 0 aliphatic heterocycles. The Balaban J connectivity index is 1.46. The van der Waals surface area contributed by atoms with E-state index in [1.807, 2.05) is 42.5 Å². The van der Waals surface area contributed by atoms with Crippen molar-refractivity contribution >= 4 is 27.7 Å². The molecule has 0 atom stereocenters. The van der Waals surface area contributed by atoms with Gasteiger partial charge >= 0.3 is 0 Å². The number of fused-ring (bicyclic) bond motifs is 3. The van der Waals surface area contributed by atoms with Crippen LogP contribution in [0.5, 0.6) is 5.75 Å². The van der Waals surface area contributed by atoms with E-state index in [-0.39, 0.29) is 5.91 Å². The average molecular weight is 344 g/mol. The van der Waals surface area contributed by atoms with Crippen molar-refractivity contribution in [3.63, 3.8) is 0 Å². The fourth-order valence-electron chi connectivity index (χ4n) is 3.24. The molecule has 4 aromatic rings. The van der Waals surface area contributed by atoms with Crippen molar-refractivity contribution in [1.29, 1.82) is 0 Å². The highest BCUT2D eigenvalue weighted by molar-refractivity contribution is 6.07. The minimum Gasteiger partial charge on any atom is -0.497 e. The Labute approximate surface area is 151 Å². The Bertz CT molecular complexity index is 1080. The second kappa shape index (κ2) is 6.92. The lowest BCUT2D eigenvalue weighted by Crippen LogP contribution is -2.24. The number of hydrogen-bond donors (Lipinski definition) is 2. The summed E-state index contributed by atoms with van der Waals surface area (Å²) in [5.74, 6) is 0.796. The van der Waals surface area contributed by atoms with E-state index < -0.39 is 0 Å². The number of rotatable bonds is 5. The number of aromatic amines is 1. The number of benzene rings is 3. The van der Waals surface area contributed by atoms with Crippen LogP contribution in [0.15, 0.2) is 66.7 Å². The fraction of sp³-hybridized carbons (Fsp3) is 0.136. The first-order valence-corrected chi connectivity index (χ1v) is 8.62. The van der Waals surface area contributed by atoms with Gasteiger partial charge in [-0.2, -0.15) is 0 Å². The zero-order chi connectivity index (χ0) is 17.9. The molecule has 1 heterocycles. The second-order valence-electron chi connectivity index (χ2n) is 6.36. The third-order valence-electron chi connectivity index (χ3n) is 4.56. The van der Waals surface area contributed by atoms with Gasteiger partial charge in [0, 0.05) is 28.4 Å². The summed E-state index contributed by atoms with van der Waals surface area (Å²) in [4.78, 5) is 15.7. The lowest BCUT2D eigenvalue weighted by atomic mass is 10.1. The molecule has 26 heavy (non-hydrogen) atoms. The quantitative estimate of drug-likeness (QED) is 0.570. The highest BCUT2D eigenvalue weighted by atomic mass is 16.5. The van der Waals surface area contributed by atoms with Gasteiger partial charge in [-0.05, 0) is 35.4 Å². The van der Waals surface area contributed by atoms with E-state index in [9.17, 15) is 4.79 Å². The highest BCUT2D eigenvalue weighted by Gasteiger charge is 2.08. The maximum Gasteiger partial charge on any atom is 0.224 e. The number of para-hydroxylation sites is 1. The Morgan fingerprint density at radius 2 is 1.77 bits per heavy atom. The minimum absolute atomic E-state index is 0.00304. The van der Waals surface area contributed by atoms with Crippen LogP contribution in [0.25, 0.3) is 21.8 Å². The van der Waals surface area contributed by atoms with E-state index in [0.29, 0.717) is 13.0 Å². The molecule has 4 nitrogen and oxygen atoms in total. The molecule has 0 radical (unpaired) electrons. The van der Waals surface area contributed by atoms with E-state index in [1.165, 1.54) is 10.8 Å². The van der Waals surface area contributed by atoms with Gasteiger partial charge in [-0.1, -0.05) is 42.5 Å². The molecular formula is C22H20N2O2. The van der Waals surface area contributed by atoms with E-state index in [2.05, 4.69) is 34.6 Å². The molecule has 3 aromatic carbocycles. The van der Waals surface area contributed by atoms with Gasteiger partial charge in [-0.3, -0.25) is 4.79 Å². The van der Waals surface area contributed by atoms with Crippen molar-refractivity contribution in [2.24, 2.45) is 0 Å². The first kappa shape index (κ1) is 16.2. The number of carbonyl (C=O) groups is 1. The molecule has 4 rings (SSSR count). The largest absolute Gasteiger partial charge is 0.497 e. The van der Waals surface area contributed by atoms with Gasteiger partial charge < -0.3 is 15.0 Å². The minimum atomic E-state index is 0.00304. The third kappa shape index (κ3) is 3.26. The molecular weight excluding hydrogens is 324 g/mol. The summed E-state index contributed by atoms with van der Waals surface area (Å²) >= 11 is 0. The van der Waals surface area contributed by atoms with Crippen LogP contribution >= 0.6 is 0 Å². The predicted octanol–water partition coefficient (Wildman–Crippen LogP) is 4.19. The van der Waals surface area contributed by atoms with Gasteiger partial charge in [-0.15, -0.1) is 0 Å². The number of nitrogens with one attached hydrogen (secondary N) is 2. The Kier molecular flexibility index (Phi) is 4.32. The number of ether oxygens (including phenoxy) is 1. The van der Waals surface area contributed by atoms with Gasteiger partial charge in [0.1, 0.15) is 5.75 Å². The molecule has 0 spiro atoms. The Hall–Kier alpha value is -3.27. The summed E-state index contributed by atoms with van der Waals surface area (Å²) in [6.07, 6.45) is 0.356. The maximum absolute atomic E-state index is 12.3. The standard InChI is InChI=1S/C22H20N2O2/c1-26-17-6-4-5-16(11-17)14-23-22(25)13-15-9-10-19-18-7-2-3-8-20(18)24-21(19)12-15/h2-12,24H,13-14H2,1H3,(H,23,25). The summed E-state index contributed by atoms with van der Waals surface area (Å²) in [5.41, 5.74) is 4.18. The van der Waals surface area contributed by atoms with E-state index in [4.69, 9.17) is 4.74 Å². The topological polar surface area (TPSA) is 54.1 Å². The zero-order valence-electron chi connectivity index (χ0n) is 14.6. The third-order valence-corrected chi connectivity index (χ3v) is 4.56. The van der Waals surface area contributed by atoms with Gasteiger partial charge in [0.05, 0.1) is 13.5 Å². The molecule has 0 unspecified atom stereocenters. The van der Waals surface area contributed by atoms with Crippen molar-refractivity contribution < 1.29 is 9.53 Å². The summed E-state index contributed by atoms with van der Waals surface area (Å²) in [5, 5.41) is 5.36. The number of carbonyl (C=O) groups excluding carboxylic acids is 1. The van der Waals surface area contributed by atoms with Crippen molar-refractivity contribution in [1.82, 2.24) is 10.3 Å². The van der Waals surface area contributed by atoms with Crippen molar-refractivity contribution in [2.75, 3.05) is 7.11 Å². The molecule has 0 aliphatic carbocycles. The smallest absolute Gasteiger partial charge is 0.224 e. The molecule has 0 saturated carbocycles. The van der Waals surface area contributed by atoms with Crippen LogP contribution in [0.3, 0.4) is 0 Å². The molecule has 0 aliphatic rings. The Morgan fingerprint density at radius 3 is 2.65 bits per heavy atom. The zero-order valence-corrected chi connectivity index (χ0v) is 14.6. The molecule has 0 bridgehead atoms. The SMILES string of the molecule is COc1cccc(CNC(=O)Cc2ccc3c(c2)[nH]c2ccccc23)c1. The number of aromatic nitrogens is 1. The van der Waals surface area contributed by atoms with Crippen molar-refractivity contribution in [3.8, 4) is 5.75 Å². The molecule has 0 saturated heterocycles. The second-order valence-corrected chi connectivity index (χ2v) is 6.36. The predicted molar refractivity (Wildman–Crippen MR) is 104 cm³/mol. The number of H-pyrrole nitrogens is 1. The van der Waals surface area contributed by atoms with Gasteiger partial charge in [0.25, 0.3) is 0 Å². The van der Waals surface area contributed by atoms with Crippen molar-refractivity contribution in [2.45, 2.75) is 13.0 Å². The first-order chi connectivity index (χ1) is 12.7. The normalized spacial score (nSPS) is 11.0. The molecule has 1 amide bonds. The number of hydrogen-bond acceptors (Lipinski definition) is 2. The van der Waals surface area contributed by atoms with Gasteiger partial charge in [-0.25, -0.2) is 0 Å². The molecule has 2 N–H and O–H groups in total. The summed E-state index contributed by atoms with van der Waals surface area (Å²) in [6.45, 7) is 0.491. The number of methoxy groups -OCH3 is 1. The van der Waals surface area contributed by atoms with Crippen LogP contribution in [0, 0.1) is 0 Å². The van der Waals surface area contributed by atoms with Crippen molar-refractivity contribution in [3.05, 3.63) is 77.9 Å². The summed E-state index contributed by atoms with van der Waals surface area (Å²) < 4.78 is 5.21. The lowest BCUT2D eigenvalue weighted by molar-refractivity contribution is -0.120. The fourth-order valence-corrected chi connectivity index (χ4v) is 3.24. The lowest BCUT2D eigenvalue weighted by Gasteiger charge is -2.07. The van der Waals surface area contributed by atoms with Crippen LogP contribution in [0.4, 0.5) is 0 Å². The van der Waals surface area contributed by atoms with E-state index >= 15 is 0 Å². The van der Waals surface area contributed by atoms with E-state index in [0.717, 1.165) is 27.9 Å². The van der Waals surface area contributed by atoms with Crippen LogP contribution < -0.4 is 10.1 Å². The van der Waals surface area contributed by atoms with Gasteiger partial charge in [0.2, 0.25) is 5.91 Å². The monoisotopic (exact) mass is 344 g/mol. The summed E-state index contributed by atoms with van der Waals surface area (Å²) in [6, 6.07) is 22.1. The van der Waals surface area contributed by atoms with Gasteiger partial charge in [0.15, 0.2) is 0 Å². The first-order valence-electron chi connectivity index (χ1n) is 8.62. The van der Waals surface area contributed by atoms with Crippen LogP contribution in [-0.2, 0) is 17.8 Å². The van der Waals surface area contributed by atoms with Crippen LogP contribution in [0.2, 0.25) is 0 Å². The molecule has 0 fully saturated rings. The molecule has 4 heteroatoms. The number of amides is 1. The van der Waals surface area contributed by atoms with E-state index in [1.54, 1.807) is 7.11 Å². The molecule has 130 valence electrons. The average Bonchev–Trinajstić information content (AvgIpc) is 3.04. The Morgan fingerprint density at radius 1 is 0.923 bits per heavy atom.